The molecule has 0 bridgehead atoms. The number of aromatic nitrogens is 1. The molecular formula is C8H6ClFN2O. The van der Waals surface area contributed by atoms with Crippen molar-refractivity contribution < 1.29 is 8.91 Å². The molecule has 0 aliphatic heterocycles. The lowest BCUT2D eigenvalue weighted by Crippen LogP contribution is -1.91. The molecule has 0 radical (unpaired) electrons. The molecule has 68 valence electrons. The van der Waals surface area contributed by atoms with Crippen LogP contribution in [0, 0.1) is 12.7 Å². The van der Waals surface area contributed by atoms with Crippen molar-refractivity contribution >= 4 is 28.3 Å². The largest absolute Gasteiger partial charge is 0.393 e. The molecule has 1 aromatic heterocycles. The highest BCUT2D eigenvalue weighted by Crippen LogP contribution is 2.32. The van der Waals surface area contributed by atoms with E-state index in [2.05, 4.69) is 5.16 Å². The summed E-state index contributed by atoms with van der Waals surface area (Å²) in [5, 5.41) is 4.49. The molecule has 0 aliphatic carbocycles. The summed E-state index contributed by atoms with van der Waals surface area (Å²) in [6.07, 6.45) is 0. The average molecular weight is 201 g/mol. The number of halogens is 2. The van der Waals surface area contributed by atoms with Gasteiger partial charge in [-0.05, 0) is 13.0 Å². The average Bonchev–Trinajstić information content (AvgIpc) is 2.44. The van der Waals surface area contributed by atoms with E-state index in [1.807, 2.05) is 0 Å². The molecule has 0 saturated carbocycles. The number of anilines is 1. The van der Waals surface area contributed by atoms with Gasteiger partial charge in [0.15, 0.2) is 11.4 Å². The molecule has 0 fully saturated rings. The van der Waals surface area contributed by atoms with Gasteiger partial charge in [-0.2, -0.15) is 0 Å². The summed E-state index contributed by atoms with van der Waals surface area (Å²) >= 11 is 5.79. The lowest BCUT2D eigenvalue weighted by molar-refractivity contribution is 0.450. The zero-order valence-corrected chi connectivity index (χ0v) is 7.52. The number of hydrogen-bond donors (Lipinski definition) is 1. The first-order valence-corrected chi connectivity index (χ1v) is 3.98. The summed E-state index contributed by atoms with van der Waals surface area (Å²) in [6, 6.07) is 1.16. The molecule has 0 saturated heterocycles. The SMILES string of the molecule is Cc1noc2c(N)c(F)cc(Cl)c12. The van der Waals surface area contributed by atoms with Gasteiger partial charge in [0.2, 0.25) is 0 Å². The zero-order chi connectivity index (χ0) is 9.59. The lowest BCUT2D eigenvalue weighted by atomic mass is 10.2. The predicted octanol–water partition coefficient (Wildman–Crippen LogP) is 2.51. The number of hydrogen-bond acceptors (Lipinski definition) is 3. The maximum Gasteiger partial charge on any atom is 0.194 e. The van der Waals surface area contributed by atoms with E-state index in [0.29, 0.717) is 11.1 Å². The van der Waals surface area contributed by atoms with Crippen LogP contribution >= 0.6 is 11.6 Å². The second-order valence-corrected chi connectivity index (χ2v) is 3.13. The standard InChI is InChI=1S/C8H6ClFN2O/c1-3-6-4(9)2-5(10)7(11)8(6)13-12-3/h2H,11H2,1H3. The van der Waals surface area contributed by atoms with Gasteiger partial charge < -0.3 is 10.3 Å². The fraction of sp³-hybridized carbons (Fsp3) is 0.125. The van der Waals surface area contributed by atoms with E-state index in [1.165, 1.54) is 0 Å². The molecule has 13 heavy (non-hydrogen) atoms. The normalized spacial score (nSPS) is 11.0. The summed E-state index contributed by atoms with van der Waals surface area (Å²) in [6.45, 7) is 1.72. The van der Waals surface area contributed by atoms with Crippen molar-refractivity contribution in [3.8, 4) is 0 Å². The van der Waals surface area contributed by atoms with Gasteiger partial charge in [-0.25, -0.2) is 4.39 Å². The highest BCUT2D eigenvalue weighted by molar-refractivity contribution is 6.36. The van der Waals surface area contributed by atoms with E-state index in [4.69, 9.17) is 21.9 Å². The van der Waals surface area contributed by atoms with E-state index in [0.717, 1.165) is 6.07 Å². The van der Waals surface area contributed by atoms with E-state index in [9.17, 15) is 4.39 Å². The molecule has 0 spiro atoms. The Hall–Kier alpha value is -1.29. The van der Waals surface area contributed by atoms with Gasteiger partial charge in [0, 0.05) is 0 Å². The van der Waals surface area contributed by atoms with Gasteiger partial charge in [-0.3, -0.25) is 0 Å². The first-order valence-electron chi connectivity index (χ1n) is 3.60. The van der Waals surface area contributed by atoms with Crippen molar-refractivity contribution in [2.24, 2.45) is 0 Å². The Labute approximate surface area is 78.3 Å². The number of nitrogens with two attached hydrogens (primary N) is 1. The maximum absolute atomic E-state index is 13.0. The molecule has 5 heteroatoms. The van der Waals surface area contributed by atoms with Gasteiger partial charge in [-0.1, -0.05) is 16.8 Å². The second kappa shape index (κ2) is 2.60. The van der Waals surface area contributed by atoms with Crippen LogP contribution in [0.3, 0.4) is 0 Å². The Morgan fingerprint density at radius 2 is 2.31 bits per heavy atom. The van der Waals surface area contributed by atoms with E-state index in [-0.39, 0.29) is 16.3 Å². The molecule has 3 nitrogen and oxygen atoms in total. The zero-order valence-electron chi connectivity index (χ0n) is 6.77. The van der Waals surface area contributed by atoms with E-state index < -0.39 is 5.82 Å². The van der Waals surface area contributed by atoms with Crippen molar-refractivity contribution in [1.82, 2.24) is 5.16 Å². The molecule has 0 unspecified atom stereocenters. The third kappa shape index (κ3) is 1.06. The Morgan fingerprint density at radius 1 is 1.62 bits per heavy atom. The molecule has 1 heterocycles. The van der Waals surface area contributed by atoms with Crippen LogP contribution in [0.4, 0.5) is 10.1 Å². The Kier molecular flexibility index (Phi) is 1.66. The topological polar surface area (TPSA) is 52.0 Å². The molecule has 0 aliphatic rings. The van der Waals surface area contributed by atoms with Crippen molar-refractivity contribution in [2.75, 3.05) is 5.73 Å². The summed E-state index contributed by atoms with van der Waals surface area (Å²) in [5.74, 6) is -0.589. The van der Waals surface area contributed by atoms with E-state index >= 15 is 0 Å². The van der Waals surface area contributed by atoms with Crippen molar-refractivity contribution in [2.45, 2.75) is 6.92 Å². The van der Waals surface area contributed by atoms with Crippen LogP contribution in [0.25, 0.3) is 11.0 Å². The first kappa shape index (κ1) is 8.31. The van der Waals surface area contributed by atoms with Crippen LogP contribution in [0.2, 0.25) is 5.02 Å². The summed E-state index contributed by atoms with van der Waals surface area (Å²) in [4.78, 5) is 0. The number of fused-ring (bicyclic) bond motifs is 1. The van der Waals surface area contributed by atoms with E-state index in [1.54, 1.807) is 6.92 Å². The second-order valence-electron chi connectivity index (χ2n) is 2.73. The molecular weight excluding hydrogens is 195 g/mol. The van der Waals surface area contributed by atoms with Gasteiger partial charge in [-0.15, -0.1) is 0 Å². The summed E-state index contributed by atoms with van der Waals surface area (Å²) in [7, 11) is 0. The van der Waals surface area contributed by atoms with Gasteiger partial charge >= 0.3 is 0 Å². The Balaban J connectivity index is 2.99. The molecule has 1 aromatic carbocycles. The van der Waals surface area contributed by atoms with Crippen LogP contribution in [0.1, 0.15) is 5.69 Å². The van der Waals surface area contributed by atoms with Crippen molar-refractivity contribution in [3.05, 3.63) is 22.6 Å². The van der Waals surface area contributed by atoms with Crippen LogP contribution < -0.4 is 5.73 Å². The monoisotopic (exact) mass is 200 g/mol. The smallest absolute Gasteiger partial charge is 0.194 e. The number of nitrogen functional groups attached to an aromatic ring is 1. The third-order valence-corrected chi connectivity index (χ3v) is 2.16. The lowest BCUT2D eigenvalue weighted by Gasteiger charge is -1.98. The van der Waals surface area contributed by atoms with Crippen LogP contribution in [0.5, 0.6) is 0 Å². The number of aryl methyl sites for hydroxylation is 1. The predicted molar refractivity (Wildman–Crippen MR) is 48.1 cm³/mol. The molecule has 2 aromatic rings. The minimum Gasteiger partial charge on any atom is -0.393 e. The third-order valence-electron chi connectivity index (χ3n) is 1.86. The number of benzene rings is 1. The quantitative estimate of drug-likeness (QED) is 0.665. The van der Waals surface area contributed by atoms with Crippen molar-refractivity contribution in [3.63, 3.8) is 0 Å². The number of rotatable bonds is 0. The van der Waals surface area contributed by atoms with Gasteiger partial charge in [0.1, 0.15) is 5.69 Å². The molecule has 0 amide bonds. The minimum atomic E-state index is -0.589. The van der Waals surface area contributed by atoms with Gasteiger partial charge in [0.05, 0.1) is 16.1 Å². The van der Waals surface area contributed by atoms with Gasteiger partial charge in [0.25, 0.3) is 0 Å². The van der Waals surface area contributed by atoms with Crippen molar-refractivity contribution in [1.29, 1.82) is 0 Å². The summed E-state index contributed by atoms with van der Waals surface area (Å²) in [5.41, 5.74) is 6.19. The fourth-order valence-electron chi connectivity index (χ4n) is 1.20. The Bertz CT molecular complexity index is 480. The first-order chi connectivity index (χ1) is 6.11. The van der Waals surface area contributed by atoms with Crippen LogP contribution in [-0.4, -0.2) is 5.16 Å². The Morgan fingerprint density at radius 3 is 3.00 bits per heavy atom. The maximum atomic E-state index is 13.0. The number of nitrogens with zero attached hydrogens (tertiary/aromatic N) is 1. The summed E-state index contributed by atoms with van der Waals surface area (Å²) < 4.78 is 17.9. The molecule has 2 N–H and O–H groups in total. The van der Waals surface area contributed by atoms with Crippen LogP contribution in [0.15, 0.2) is 10.6 Å². The van der Waals surface area contributed by atoms with Crippen LogP contribution in [-0.2, 0) is 0 Å². The molecule has 0 atom stereocenters. The fourth-order valence-corrected chi connectivity index (χ4v) is 1.52. The molecule has 2 rings (SSSR count). The highest BCUT2D eigenvalue weighted by Gasteiger charge is 2.15. The highest BCUT2D eigenvalue weighted by atomic mass is 35.5. The minimum absolute atomic E-state index is 0.0556.